The van der Waals surface area contributed by atoms with E-state index in [1.165, 1.54) is 0 Å². The van der Waals surface area contributed by atoms with E-state index in [4.69, 9.17) is 19.2 Å². The van der Waals surface area contributed by atoms with Crippen molar-refractivity contribution in [1.82, 2.24) is 9.55 Å². The van der Waals surface area contributed by atoms with Gasteiger partial charge >= 0.3 is 5.97 Å². The van der Waals surface area contributed by atoms with E-state index in [9.17, 15) is 9.59 Å². The summed E-state index contributed by atoms with van der Waals surface area (Å²) in [5.74, 6) is 0.703. The van der Waals surface area contributed by atoms with Crippen molar-refractivity contribution >= 4 is 22.7 Å². The van der Waals surface area contributed by atoms with Gasteiger partial charge < -0.3 is 18.8 Å². The standard InChI is InChI=1S/C31H30N2O5/c1-19-16-24(20(2)33(19)21-12-13-28-29(17-21)37-15-14-36-28)27(34)18-38-31(35)30-22-8-4-3-5-10-25(22)32-26-11-7-6-9-23(26)30/h6-7,9,11-13,16-17H,3-5,8,10,14-15,18H2,1-2H3. The summed E-state index contributed by atoms with van der Waals surface area (Å²) in [6, 6.07) is 15.3. The third-order valence-electron chi connectivity index (χ3n) is 7.47. The van der Waals surface area contributed by atoms with Crippen LogP contribution in [0.2, 0.25) is 0 Å². The summed E-state index contributed by atoms with van der Waals surface area (Å²) >= 11 is 0. The highest BCUT2D eigenvalue weighted by atomic mass is 16.6. The fraction of sp³-hybridized carbons (Fsp3) is 0.323. The Balaban J connectivity index is 1.26. The van der Waals surface area contributed by atoms with Crippen LogP contribution in [0, 0.1) is 13.8 Å². The number of nitrogens with zero attached hydrogens (tertiary/aromatic N) is 2. The zero-order chi connectivity index (χ0) is 26.2. The van der Waals surface area contributed by atoms with Gasteiger partial charge in [-0.05, 0) is 69.4 Å². The van der Waals surface area contributed by atoms with Gasteiger partial charge in [0.25, 0.3) is 0 Å². The van der Waals surface area contributed by atoms with Crippen molar-refractivity contribution in [1.29, 1.82) is 0 Å². The molecule has 2 aliphatic rings. The first-order valence-corrected chi connectivity index (χ1v) is 13.2. The third kappa shape index (κ3) is 4.32. The SMILES string of the molecule is Cc1cc(C(=O)COC(=O)c2c3c(nc4ccccc24)CCCCC3)c(C)n1-c1ccc2c(c1)OCCO2. The molecule has 0 radical (unpaired) electrons. The first-order chi connectivity index (χ1) is 18.5. The molecule has 4 aromatic rings. The summed E-state index contributed by atoms with van der Waals surface area (Å²) in [6.45, 7) is 4.56. The molecule has 1 aliphatic carbocycles. The van der Waals surface area contributed by atoms with Crippen LogP contribution in [0.3, 0.4) is 0 Å². The van der Waals surface area contributed by atoms with Crippen LogP contribution in [-0.4, -0.2) is 41.1 Å². The Kier molecular flexibility index (Phi) is 6.35. The van der Waals surface area contributed by atoms with Crippen LogP contribution in [0.1, 0.15) is 62.6 Å². The van der Waals surface area contributed by atoms with Crippen LogP contribution >= 0.6 is 0 Å². The lowest BCUT2D eigenvalue weighted by molar-refractivity contribution is 0.0475. The second kappa shape index (κ2) is 9.97. The number of aryl methyl sites for hydroxylation is 2. The van der Waals surface area contributed by atoms with Gasteiger partial charge in [0.1, 0.15) is 13.2 Å². The molecule has 3 heterocycles. The van der Waals surface area contributed by atoms with Gasteiger partial charge in [0, 0.05) is 39.8 Å². The van der Waals surface area contributed by atoms with Gasteiger partial charge in [-0.25, -0.2) is 4.79 Å². The number of esters is 1. The quantitative estimate of drug-likeness (QED) is 0.194. The highest BCUT2D eigenvalue weighted by Gasteiger charge is 2.25. The summed E-state index contributed by atoms with van der Waals surface area (Å²) in [7, 11) is 0. The molecule has 194 valence electrons. The monoisotopic (exact) mass is 510 g/mol. The van der Waals surface area contributed by atoms with Gasteiger partial charge in [0.15, 0.2) is 18.1 Å². The highest BCUT2D eigenvalue weighted by Crippen LogP contribution is 2.34. The number of benzene rings is 2. The Morgan fingerprint density at radius 3 is 2.61 bits per heavy atom. The van der Waals surface area contributed by atoms with E-state index in [0.717, 1.165) is 71.3 Å². The van der Waals surface area contributed by atoms with Crippen molar-refractivity contribution in [3.8, 4) is 17.2 Å². The summed E-state index contributed by atoms with van der Waals surface area (Å²) < 4.78 is 19.1. The minimum Gasteiger partial charge on any atom is -0.486 e. The number of aromatic nitrogens is 2. The van der Waals surface area contributed by atoms with E-state index in [0.29, 0.717) is 35.8 Å². The Morgan fingerprint density at radius 2 is 1.74 bits per heavy atom. The molecule has 38 heavy (non-hydrogen) atoms. The number of carbonyl (C=O) groups excluding carboxylic acids is 2. The Morgan fingerprint density at radius 1 is 0.947 bits per heavy atom. The molecule has 7 heteroatoms. The van der Waals surface area contributed by atoms with Crippen molar-refractivity contribution in [3.05, 3.63) is 82.3 Å². The average molecular weight is 511 g/mol. The number of ether oxygens (including phenoxy) is 3. The zero-order valence-electron chi connectivity index (χ0n) is 21.7. The maximum absolute atomic E-state index is 13.5. The van der Waals surface area contributed by atoms with Gasteiger partial charge in [0.2, 0.25) is 5.78 Å². The van der Waals surface area contributed by atoms with Crippen molar-refractivity contribution in [3.63, 3.8) is 0 Å². The number of para-hydroxylation sites is 1. The minimum absolute atomic E-state index is 0.236. The second-order valence-electron chi connectivity index (χ2n) is 9.94. The second-order valence-corrected chi connectivity index (χ2v) is 9.94. The van der Waals surface area contributed by atoms with Crippen LogP contribution in [0.4, 0.5) is 0 Å². The van der Waals surface area contributed by atoms with E-state index < -0.39 is 5.97 Å². The first-order valence-electron chi connectivity index (χ1n) is 13.2. The molecule has 0 saturated heterocycles. The number of hydrogen-bond acceptors (Lipinski definition) is 6. The molecule has 6 rings (SSSR count). The van der Waals surface area contributed by atoms with Gasteiger partial charge in [-0.3, -0.25) is 9.78 Å². The maximum Gasteiger partial charge on any atom is 0.339 e. The molecule has 0 spiro atoms. The minimum atomic E-state index is -0.462. The van der Waals surface area contributed by atoms with Crippen LogP contribution in [0.25, 0.3) is 16.6 Å². The van der Waals surface area contributed by atoms with Crippen LogP contribution < -0.4 is 9.47 Å². The number of Topliss-reactive ketones (excluding diaryl/α,β-unsaturated/α-hetero) is 1. The van der Waals surface area contributed by atoms with Gasteiger partial charge in [-0.1, -0.05) is 24.6 Å². The lowest BCUT2D eigenvalue weighted by Crippen LogP contribution is -2.18. The Bertz CT molecular complexity index is 1570. The summed E-state index contributed by atoms with van der Waals surface area (Å²) in [6.07, 6.45) is 4.83. The van der Waals surface area contributed by atoms with Crippen molar-refractivity contribution in [2.45, 2.75) is 46.0 Å². The molecule has 0 amide bonds. The largest absolute Gasteiger partial charge is 0.486 e. The predicted octanol–water partition coefficient (Wildman–Crippen LogP) is 5.72. The average Bonchev–Trinajstić information content (AvgIpc) is 3.08. The van der Waals surface area contributed by atoms with Crippen molar-refractivity contribution in [2.24, 2.45) is 0 Å². The molecule has 1 aliphatic heterocycles. The first kappa shape index (κ1) is 24.2. The number of fused-ring (bicyclic) bond motifs is 3. The van der Waals surface area contributed by atoms with Crippen LogP contribution in [0.15, 0.2) is 48.5 Å². The number of rotatable bonds is 5. The fourth-order valence-corrected chi connectivity index (χ4v) is 5.68. The van der Waals surface area contributed by atoms with Gasteiger partial charge in [-0.2, -0.15) is 0 Å². The fourth-order valence-electron chi connectivity index (χ4n) is 5.68. The zero-order valence-corrected chi connectivity index (χ0v) is 21.7. The van der Waals surface area contributed by atoms with Crippen LogP contribution in [0.5, 0.6) is 11.5 Å². The summed E-state index contributed by atoms with van der Waals surface area (Å²) in [5.41, 5.74) is 6.38. The molecule has 0 atom stereocenters. The molecule has 0 bridgehead atoms. The number of ketones is 1. The normalized spacial score (nSPS) is 14.6. The van der Waals surface area contributed by atoms with Crippen LogP contribution in [-0.2, 0) is 17.6 Å². The number of hydrogen-bond donors (Lipinski definition) is 0. The Labute approximate surface area is 221 Å². The molecular formula is C31H30N2O5. The topological polar surface area (TPSA) is 79.7 Å². The smallest absolute Gasteiger partial charge is 0.339 e. The molecule has 2 aromatic carbocycles. The number of carbonyl (C=O) groups is 2. The number of pyridine rings is 1. The van der Waals surface area contributed by atoms with E-state index in [1.807, 2.05) is 66.9 Å². The highest BCUT2D eigenvalue weighted by molar-refractivity contribution is 6.06. The summed E-state index contributed by atoms with van der Waals surface area (Å²) in [4.78, 5) is 31.6. The Hall–Kier alpha value is -4.13. The van der Waals surface area contributed by atoms with E-state index in [2.05, 4.69) is 0 Å². The molecule has 0 unspecified atom stereocenters. The third-order valence-corrected chi connectivity index (χ3v) is 7.47. The lowest BCUT2D eigenvalue weighted by Gasteiger charge is -2.20. The molecule has 0 fully saturated rings. The predicted molar refractivity (Wildman–Crippen MR) is 144 cm³/mol. The van der Waals surface area contributed by atoms with Crippen molar-refractivity contribution < 1.29 is 23.8 Å². The van der Waals surface area contributed by atoms with E-state index in [-0.39, 0.29) is 12.4 Å². The molecule has 7 nitrogen and oxygen atoms in total. The van der Waals surface area contributed by atoms with Gasteiger partial charge in [-0.15, -0.1) is 0 Å². The lowest BCUT2D eigenvalue weighted by atomic mass is 9.97. The molecule has 0 saturated carbocycles. The van der Waals surface area contributed by atoms with E-state index >= 15 is 0 Å². The molecule has 2 aromatic heterocycles. The van der Waals surface area contributed by atoms with Gasteiger partial charge in [0.05, 0.1) is 11.1 Å². The summed E-state index contributed by atoms with van der Waals surface area (Å²) in [5, 5.41) is 0.780. The molecular weight excluding hydrogens is 480 g/mol. The maximum atomic E-state index is 13.5. The van der Waals surface area contributed by atoms with Crippen molar-refractivity contribution in [2.75, 3.05) is 19.8 Å². The van der Waals surface area contributed by atoms with E-state index in [1.54, 1.807) is 0 Å². The molecule has 0 N–H and O–H groups in total.